The van der Waals surface area contributed by atoms with E-state index in [9.17, 15) is 0 Å². The molecule has 1 heterocycles. The van der Waals surface area contributed by atoms with E-state index in [2.05, 4.69) is 73.7 Å². The van der Waals surface area contributed by atoms with E-state index in [1.54, 1.807) is 20.4 Å². The van der Waals surface area contributed by atoms with Crippen LogP contribution in [-0.4, -0.2) is 29.7 Å². The molecule has 33 heavy (non-hydrogen) atoms. The number of ether oxygens (including phenoxy) is 1. The van der Waals surface area contributed by atoms with Crippen molar-refractivity contribution in [2.45, 2.75) is 19.6 Å². The van der Waals surface area contributed by atoms with Crippen molar-refractivity contribution in [3.05, 3.63) is 108 Å². The molecule has 0 atom stereocenters. The number of nitrogens with zero attached hydrogens (tertiary/aromatic N) is 3. The highest BCUT2D eigenvalue weighted by atomic mass is 16.5. The van der Waals surface area contributed by atoms with Gasteiger partial charge in [0.2, 0.25) is 0 Å². The Morgan fingerprint density at radius 2 is 1.61 bits per heavy atom. The van der Waals surface area contributed by atoms with Crippen LogP contribution in [0.3, 0.4) is 0 Å². The molecule has 4 aromatic rings. The smallest absolute Gasteiger partial charge is 0.191 e. The Bertz CT molecular complexity index is 1180. The SMILES string of the molecule is CN=C(NCc1ccccc1OC)NCc1ccccc1-c1ccc(Cn2ccnc2)cc1. The molecule has 2 N–H and O–H groups in total. The molecule has 0 aliphatic heterocycles. The molecular weight excluding hydrogens is 410 g/mol. The van der Waals surface area contributed by atoms with Crippen LogP contribution in [0.2, 0.25) is 0 Å². The Labute approximate surface area is 195 Å². The molecule has 168 valence electrons. The van der Waals surface area contributed by atoms with Gasteiger partial charge in [-0.05, 0) is 28.3 Å². The second kappa shape index (κ2) is 11.0. The molecule has 0 radical (unpaired) electrons. The van der Waals surface area contributed by atoms with Crippen molar-refractivity contribution in [2.75, 3.05) is 14.2 Å². The summed E-state index contributed by atoms with van der Waals surface area (Å²) in [5.41, 5.74) is 5.94. The number of hydrogen-bond acceptors (Lipinski definition) is 3. The van der Waals surface area contributed by atoms with Gasteiger partial charge in [-0.25, -0.2) is 4.98 Å². The van der Waals surface area contributed by atoms with Crippen LogP contribution in [0.5, 0.6) is 5.75 Å². The van der Waals surface area contributed by atoms with Crippen molar-refractivity contribution in [1.82, 2.24) is 20.2 Å². The first kappa shape index (κ1) is 22.1. The number of benzene rings is 3. The summed E-state index contributed by atoms with van der Waals surface area (Å²) in [5.74, 6) is 1.61. The molecule has 6 nitrogen and oxygen atoms in total. The van der Waals surface area contributed by atoms with Crippen LogP contribution >= 0.6 is 0 Å². The minimum atomic E-state index is 0.629. The zero-order valence-electron chi connectivity index (χ0n) is 19.0. The van der Waals surface area contributed by atoms with Gasteiger partial charge in [-0.2, -0.15) is 0 Å². The molecule has 1 aromatic heterocycles. The number of imidazole rings is 1. The normalized spacial score (nSPS) is 11.3. The molecule has 0 aliphatic carbocycles. The third-order valence-electron chi connectivity index (χ3n) is 5.52. The van der Waals surface area contributed by atoms with E-state index >= 15 is 0 Å². The van der Waals surface area contributed by atoms with Crippen LogP contribution < -0.4 is 15.4 Å². The molecule has 0 saturated carbocycles. The Kier molecular flexibility index (Phi) is 7.38. The number of aliphatic imine (C=N–C) groups is 1. The van der Waals surface area contributed by atoms with Crippen LogP contribution in [0, 0.1) is 0 Å². The largest absolute Gasteiger partial charge is 0.496 e. The molecule has 6 heteroatoms. The molecule has 3 aromatic carbocycles. The highest BCUT2D eigenvalue weighted by molar-refractivity contribution is 5.80. The van der Waals surface area contributed by atoms with E-state index in [1.807, 2.05) is 36.8 Å². The number of rotatable bonds is 8. The van der Waals surface area contributed by atoms with Crippen molar-refractivity contribution in [1.29, 1.82) is 0 Å². The molecular formula is C27H29N5O. The van der Waals surface area contributed by atoms with Crippen molar-refractivity contribution < 1.29 is 4.74 Å². The maximum Gasteiger partial charge on any atom is 0.191 e. The van der Waals surface area contributed by atoms with Gasteiger partial charge in [0.1, 0.15) is 5.75 Å². The van der Waals surface area contributed by atoms with Gasteiger partial charge in [-0.15, -0.1) is 0 Å². The lowest BCUT2D eigenvalue weighted by Crippen LogP contribution is -2.36. The number of methoxy groups -OCH3 is 1. The number of aromatic nitrogens is 2. The molecule has 0 saturated heterocycles. The molecule has 0 amide bonds. The highest BCUT2D eigenvalue weighted by Gasteiger charge is 2.07. The first-order chi connectivity index (χ1) is 16.3. The number of nitrogens with one attached hydrogen (secondary N) is 2. The third kappa shape index (κ3) is 5.80. The maximum atomic E-state index is 5.44. The fraction of sp³-hybridized carbons (Fsp3) is 0.185. The number of para-hydroxylation sites is 1. The summed E-state index contributed by atoms with van der Waals surface area (Å²) >= 11 is 0. The monoisotopic (exact) mass is 439 g/mol. The quantitative estimate of drug-likeness (QED) is 0.314. The number of hydrogen-bond donors (Lipinski definition) is 2. The predicted molar refractivity (Wildman–Crippen MR) is 133 cm³/mol. The van der Waals surface area contributed by atoms with Crippen molar-refractivity contribution in [3.8, 4) is 16.9 Å². The minimum Gasteiger partial charge on any atom is -0.496 e. The van der Waals surface area contributed by atoms with E-state index in [0.29, 0.717) is 13.1 Å². The summed E-state index contributed by atoms with van der Waals surface area (Å²) < 4.78 is 7.50. The lowest BCUT2D eigenvalue weighted by Gasteiger charge is -2.16. The van der Waals surface area contributed by atoms with Crippen molar-refractivity contribution >= 4 is 5.96 Å². The summed E-state index contributed by atoms with van der Waals surface area (Å²) in [6.45, 7) is 2.11. The van der Waals surface area contributed by atoms with E-state index in [1.165, 1.54) is 22.3 Å². The van der Waals surface area contributed by atoms with Gasteiger partial charge in [0.25, 0.3) is 0 Å². The van der Waals surface area contributed by atoms with Crippen molar-refractivity contribution in [3.63, 3.8) is 0 Å². The molecule has 4 rings (SSSR count). The van der Waals surface area contributed by atoms with Gasteiger partial charge in [0.15, 0.2) is 5.96 Å². The Morgan fingerprint density at radius 1 is 0.909 bits per heavy atom. The fourth-order valence-corrected chi connectivity index (χ4v) is 3.76. The van der Waals surface area contributed by atoms with E-state index < -0.39 is 0 Å². The standard InChI is InChI=1S/C27H29N5O/c1-28-27(31-18-24-8-4-6-10-26(24)33-2)30-17-23-7-3-5-9-25(23)22-13-11-21(12-14-22)19-32-16-15-29-20-32/h3-16,20H,17-19H2,1-2H3,(H2,28,30,31). The predicted octanol–water partition coefficient (Wildman–Crippen LogP) is 4.47. The van der Waals surface area contributed by atoms with E-state index in [0.717, 1.165) is 23.8 Å². The topological polar surface area (TPSA) is 63.5 Å². The Hall–Kier alpha value is -4.06. The van der Waals surface area contributed by atoms with Gasteiger partial charge >= 0.3 is 0 Å². The zero-order chi connectivity index (χ0) is 22.9. The summed E-state index contributed by atoms with van der Waals surface area (Å²) in [4.78, 5) is 8.48. The summed E-state index contributed by atoms with van der Waals surface area (Å²) in [6, 6.07) is 25.1. The van der Waals surface area contributed by atoms with Gasteiger partial charge in [0, 0.05) is 44.6 Å². The van der Waals surface area contributed by atoms with E-state index in [4.69, 9.17) is 4.74 Å². The lowest BCUT2D eigenvalue weighted by atomic mass is 9.98. The molecule has 0 aliphatic rings. The summed E-state index contributed by atoms with van der Waals surface area (Å²) in [5, 5.41) is 6.80. The molecule has 0 unspecified atom stereocenters. The van der Waals surface area contributed by atoms with Crippen LogP contribution in [0.15, 0.2) is 96.5 Å². The van der Waals surface area contributed by atoms with Crippen molar-refractivity contribution in [2.24, 2.45) is 4.99 Å². The number of guanidine groups is 1. The van der Waals surface area contributed by atoms with Crippen LogP contribution in [0.1, 0.15) is 16.7 Å². The van der Waals surface area contributed by atoms with Gasteiger partial charge in [0.05, 0.1) is 13.4 Å². The third-order valence-corrected chi connectivity index (χ3v) is 5.52. The lowest BCUT2D eigenvalue weighted by molar-refractivity contribution is 0.409. The molecule has 0 fully saturated rings. The van der Waals surface area contributed by atoms with Crippen LogP contribution in [-0.2, 0) is 19.6 Å². The first-order valence-corrected chi connectivity index (χ1v) is 11.0. The molecule has 0 spiro atoms. The van der Waals surface area contributed by atoms with Crippen LogP contribution in [0.25, 0.3) is 11.1 Å². The zero-order valence-corrected chi connectivity index (χ0v) is 19.0. The second-order valence-electron chi connectivity index (χ2n) is 7.68. The van der Waals surface area contributed by atoms with Gasteiger partial charge in [-0.1, -0.05) is 66.7 Å². The second-order valence-corrected chi connectivity index (χ2v) is 7.68. The Balaban J connectivity index is 1.40. The average Bonchev–Trinajstić information content (AvgIpc) is 3.38. The molecule has 0 bridgehead atoms. The van der Waals surface area contributed by atoms with E-state index in [-0.39, 0.29) is 0 Å². The van der Waals surface area contributed by atoms with Gasteiger partial charge < -0.3 is 19.9 Å². The Morgan fingerprint density at radius 3 is 2.30 bits per heavy atom. The average molecular weight is 440 g/mol. The minimum absolute atomic E-state index is 0.629. The fourth-order valence-electron chi connectivity index (χ4n) is 3.76. The summed E-state index contributed by atoms with van der Waals surface area (Å²) in [7, 11) is 3.47. The van der Waals surface area contributed by atoms with Crippen LogP contribution in [0.4, 0.5) is 0 Å². The first-order valence-electron chi connectivity index (χ1n) is 11.0. The summed E-state index contributed by atoms with van der Waals surface area (Å²) in [6.07, 6.45) is 5.62. The van der Waals surface area contributed by atoms with Gasteiger partial charge in [-0.3, -0.25) is 4.99 Å². The maximum absolute atomic E-state index is 5.44. The highest BCUT2D eigenvalue weighted by Crippen LogP contribution is 2.24.